The highest BCUT2D eigenvalue weighted by Crippen LogP contribution is 2.12. The number of hydrogen-bond acceptors (Lipinski definition) is 4. The molecule has 0 aliphatic rings. The van der Waals surface area contributed by atoms with E-state index in [1.54, 1.807) is 35.6 Å². The van der Waals surface area contributed by atoms with Gasteiger partial charge in [0.25, 0.3) is 5.91 Å². The summed E-state index contributed by atoms with van der Waals surface area (Å²) in [5, 5.41) is 4.65. The van der Waals surface area contributed by atoms with Crippen molar-refractivity contribution in [3.63, 3.8) is 0 Å². The first-order valence-electron chi connectivity index (χ1n) is 6.17. The molecule has 4 nitrogen and oxygen atoms in total. The number of hydrogen-bond donors (Lipinski definition) is 1. The van der Waals surface area contributed by atoms with Crippen LogP contribution >= 0.6 is 11.3 Å². The van der Waals surface area contributed by atoms with Gasteiger partial charge in [0.2, 0.25) is 0 Å². The highest BCUT2D eigenvalue weighted by molar-refractivity contribution is 7.09. The average Bonchev–Trinajstić information content (AvgIpc) is 2.99. The number of thiophene rings is 1. The number of carbonyl (C=O) groups excluding carboxylic acids is 2. The van der Waals surface area contributed by atoms with E-state index in [1.807, 2.05) is 23.6 Å². The minimum atomic E-state index is -0.675. The number of methoxy groups -OCH3 is 1. The maximum absolute atomic E-state index is 12.1. The smallest absolute Gasteiger partial charge is 0.328 e. The first kappa shape index (κ1) is 14.3. The van der Waals surface area contributed by atoms with Crippen molar-refractivity contribution >= 4 is 23.2 Å². The zero-order chi connectivity index (χ0) is 14.4. The van der Waals surface area contributed by atoms with E-state index in [0.29, 0.717) is 12.0 Å². The van der Waals surface area contributed by atoms with Crippen molar-refractivity contribution in [1.29, 1.82) is 0 Å². The quantitative estimate of drug-likeness (QED) is 0.859. The van der Waals surface area contributed by atoms with Gasteiger partial charge in [-0.3, -0.25) is 4.79 Å². The van der Waals surface area contributed by atoms with Crippen molar-refractivity contribution in [2.75, 3.05) is 7.11 Å². The molecule has 0 saturated heterocycles. The van der Waals surface area contributed by atoms with Crippen LogP contribution in [-0.2, 0) is 16.0 Å². The summed E-state index contributed by atoms with van der Waals surface area (Å²) in [6.45, 7) is 0. The van der Waals surface area contributed by atoms with Gasteiger partial charge in [0.15, 0.2) is 0 Å². The Hall–Kier alpha value is -2.14. The lowest BCUT2D eigenvalue weighted by Crippen LogP contribution is -2.42. The molecule has 0 spiro atoms. The summed E-state index contributed by atoms with van der Waals surface area (Å²) in [4.78, 5) is 24.9. The van der Waals surface area contributed by atoms with Crippen molar-refractivity contribution in [3.05, 3.63) is 58.3 Å². The van der Waals surface area contributed by atoms with Crippen LogP contribution in [0.25, 0.3) is 0 Å². The summed E-state index contributed by atoms with van der Waals surface area (Å²) in [5.41, 5.74) is 0.521. The summed E-state index contributed by atoms with van der Waals surface area (Å²) in [5.74, 6) is -0.722. The van der Waals surface area contributed by atoms with Crippen LogP contribution in [0.15, 0.2) is 47.8 Å². The SMILES string of the molecule is COC(=O)[C@H](Cc1cccs1)NC(=O)c1ccccc1. The molecule has 0 bridgehead atoms. The first-order chi connectivity index (χ1) is 9.70. The highest BCUT2D eigenvalue weighted by atomic mass is 32.1. The Labute approximate surface area is 121 Å². The second-order valence-electron chi connectivity index (χ2n) is 4.20. The molecule has 1 heterocycles. The van der Waals surface area contributed by atoms with Crippen LogP contribution in [0, 0.1) is 0 Å². The standard InChI is InChI=1S/C15H15NO3S/c1-19-15(18)13(10-12-8-5-9-20-12)16-14(17)11-6-3-2-4-7-11/h2-9,13H,10H2,1H3,(H,16,17)/t13-/m0/s1. The van der Waals surface area contributed by atoms with E-state index in [2.05, 4.69) is 5.32 Å². The molecule has 2 rings (SSSR count). The van der Waals surface area contributed by atoms with Gasteiger partial charge in [-0.25, -0.2) is 4.79 Å². The minimum Gasteiger partial charge on any atom is -0.467 e. The number of benzene rings is 1. The minimum absolute atomic E-state index is 0.280. The lowest BCUT2D eigenvalue weighted by molar-refractivity contribution is -0.142. The molecule has 1 aromatic carbocycles. The second kappa shape index (κ2) is 6.86. The van der Waals surface area contributed by atoms with Crippen LogP contribution in [0.3, 0.4) is 0 Å². The van der Waals surface area contributed by atoms with Gasteiger partial charge in [0.1, 0.15) is 6.04 Å². The van der Waals surface area contributed by atoms with Crippen molar-refractivity contribution in [2.24, 2.45) is 0 Å². The van der Waals surface area contributed by atoms with E-state index in [-0.39, 0.29) is 5.91 Å². The summed E-state index contributed by atoms with van der Waals surface area (Å²) in [6.07, 6.45) is 0.433. The van der Waals surface area contributed by atoms with Crippen molar-refractivity contribution in [3.8, 4) is 0 Å². The fourth-order valence-corrected chi connectivity index (χ4v) is 2.55. The summed E-state index contributed by atoms with van der Waals surface area (Å²) < 4.78 is 4.75. The molecular weight excluding hydrogens is 274 g/mol. The molecule has 0 aliphatic carbocycles. The Balaban J connectivity index is 2.08. The van der Waals surface area contributed by atoms with Crippen molar-refractivity contribution in [1.82, 2.24) is 5.32 Å². The van der Waals surface area contributed by atoms with Crippen molar-refractivity contribution in [2.45, 2.75) is 12.5 Å². The fourth-order valence-electron chi connectivity index (χ4n) is 1.80. The monoisotopic (exact) mass is 289 g/mol. The van der Waals surface area contributed by atoms with E-state index in [1.165, 1.54) is 7.11 Å². The second-order valence-corrected chi connectivity index (χ2v) is 5.23. The Bertz CT molecular complexity index is 566. The molecule has 2 aromatic rings. The summed E-state index contributed by atoms with van der Waals surface area (Å²) in [6, 6.07) is 12.0. The van der Waals surface area contributed by atoms with Crippen LogP contribution in [0.1, 0.15) is 15.2 Å². The van der Waals surface area contributed by atoms with Gasteiger partial charge in [0.05, 0.1) is 7.11 Å². The third kappa shape index (κ3) is 3.68. The largest absolute Gasteiger partial charge is 0.467 e. The zero-order valence-corrected chi connectivity index (χ0v) is 11.9. The van der Waals surface area contributed by atoms with Gasteiger partial charge in [-0.1, -0.05) is 24.3 Å². The Morgan fingerprint density at radius 1 is 1.20 bits per heavy atom. The van der Waals surface area contributed by atoms with Gasteiger partial charge in [-0.2, -0.15) is 0 Å². The lowest BCUT2D eigenvalue weighted by atomic mass is 10.1. The number of amides is 1. The molecule has 0 aliphatic heterocycles. The van der Waals surface area contributed by atoms with Crippen molar-refractivity contribution < 1.29 is 14.3 Å². The normalized spacial score (nSPS) is 11.7. The molecule has 0 radical (unpaired) electrons. The number of rotatable bonds is 5. The van der Waals surface area contributed by atoms with Crippen LogP contribution in [0.5, 0.6) is 0 Å². The van der Waals surface area contributed by atoms with E-state index in [9.17, 15) is 9.59 Å². The van der Waals surface area contributed by atoms with Crippen LogP contribution < -0.4 is 5.32 Å². The summed E-state index contributed by atoms with van der Waals surface area (Å²) in [7, 11) is 1.32. The molecular formula is C15H15NO3S. The van der Waals surface area contributed by atoms with Crippen LogP contribution in [-0.4, -0.2) is 25.0 Å². The lowest BCUT2D eigenvalue weighted by Gasteiger charge is -2.15. The molecule has 1 N–H and O–H groups in total. The maximum Gasteiger partial charge on any atom is 0.328 e. The average molecular weight is 289 g/mol. The van der Waals surface area contributed by atoms with E-state index < -0.39 is 12.0 Å². The van der Waals surface area contributed by atoms with E-state index in [0.717, 1.165) is 4.88 Å². The van der Waals surface area contributed by atoms with Crippen LogP contribution in [0.2, 0.25) is 0 Å². The molecule has 0 fully saturated rings. The number of ether oxygens (including phenoxy) is 1. The third-order valence-corrected chi connectivity index (χ3v) is 3.71. The van der Waals surface area contributed by atoms with E-state index >= 15 is 0 Å². The van der Waals surface area contributed by atoms with Gasteiger partial charge in [-0.15, -0.1) is 11.3 Å². The predicted molar refractivity (Wildman–Crippen MR) is 77.7 cm³/mol. The van der Waals surface area contributed by atoms with Gasteiger partial charge in [0, 0.05) is 16.9 Å². The molecule has 5 heteroatoms. The van der Waals surface area contributed by atoms with Gasteiger partial charge >= 0.3 is 5.97 Å². The topological polar surface area (TPSA) is 55.4 Å². The Kier molecular flexibility index (Phi) is 4.90. The number of carbonyl (C=O) groups is 2. The number of esters is 1. The molecule has 1 atom stereocenters. The maximum atomic E-state index is 12.1. The molecule has 0 unspecified atom stereocenters. The zero-order valence-electron chi connectivity index (χ0n) is 11.0. The highest BCUT2D eigenvalue weighted by Gasteiger charge is 2.22. The van der Waals surface area contributed by atoms with Crippen LogP contribution in [0.4, 0.5) is 0 Å². The van der Waals surface area contributed by atoms with Gasteiger partial charge in [-0.05, 0) is 23.6 Å². The molecule has 104 valence electrons. The van der Waals surface area contributed by atoms with E-state index in [4.69, 9.17) is 4.74 Å². The predicted octanol–water partition coefficient (Wildman–Crippen LogP) is 2.26. The van der Waals surface area contributed by atoms with Gasteiger partial charge < -0.3 is 10.1 Å². The first-order valence-corrected chi connectivity index (χ1v) is 7.05. The molecule has 1 amide bonds. The number of nitrogens with one attached hydrogen (secondary N) is 1. The summed E-state index contributed by atoms with van der Waals surface area (Å²) >= 11 is 1.54. The molecule has 1 aromatic heterocycles. The Morgan fingerprint density at radius 2 is 1.95 bits per heavy atom. The Morgan fingerprint density at radius 3 is 2.55 bits per heavy atom. The fraction of sp³-hybridized carbons (Fsp3) is 0.200. The third-order valence-electron chi connectivity index (χ3n) is 2.81. The molecule has 20 heavy (non-hydrogen) atoms. The molecule has 0 saturated carbocycles.